The molecule has 50 heavy (non-hydrogen) atoms. The van der Waals surface area contributed by atoms with Gasteiger partial charge < -0.3 is 19.5 Å². The summed E-state index contributed by atoms with van der Waals surface area (Å²) >= 11 is 0. The predicted molar refractivity (Wildman–Crippen MR) is 194 cm³/mol. The molecule has 0 unspecified atom stereocenters. The minimum absolute atomic E-state index is 0.0834. The second-order valence-electron chi connectivity index (χ2n) is 13.7. The van der Waals surface area contributed by atoms with Crippen molar-refractivity contribution >= 4 is 42.3 Å². The fraction of sp³-hybridized carbons (Fsp3) is 0.282. The van der Waals surface area contributed by atoms with Crippen LogP contribution < -0.4 is 10.5 Å². The Morgan fingerprint density at radius 3 is 2.32 bits per heavy atom. The molecule has 4 atom stereocenters. The lowest BCUT2D eigenvalue weighted by molar-refractivity contribution is -0.149. The van der Waals surface area contributed by atoms with Crippen molar-refractivity contribution < 1.29 is 24.2 Å². The summed E-state index contributed by atoms with van der Waals surface area (Å²) in [6.07, 6.45) is 0.764. The molecular formula is C39H40N4O6Si. The van der Waals surface area contributed by atoms with Gasteiger partial charge in [0.2, 0.25) is 5.91 Å². The quantitative estimate of drug-likeness (QED) is 0.202. The van der Waals surface area contributed by atoms with E-state index in [1.54, 1.807) is 40.3 Å². The van der Waals surface area contributed by atoms with Gasteiger partial charge in [-0.2, -0.15) is 9.78 Å². The molecule has 2 N–H and O–H groups in total. The molecule has 2 aliphatic heterocycles. The number of hydrogen-bond donors (Lipinski definition) is 2. The highest BCUT2D eigenvalue weighted by molar-refractivity contribution is 6.71. The summed E-state index contributed by atoms with van der Waals surface area (Å²) in [5, 5.41) is 15.6. The molecule has 1 aromatic heterocycles. The van der Waals surface area contributed by atoms with E-state index in [0.29, 0.717) is 34.6 Å². The predicted octanol–water partition coefficient (Wildman–Crippen LogP) is 5.27. The number of amides is 2. The molecule has 3 heterocycles. The van der Waals surface area contributed by atoms with E-state index in [9.17, 15) is 24.3 Å². The first-order valence-corrected chi connectivity index (χ1v) is 19.9. The van der Waals surface area contributed by atoms with Crippen LogP contribution in [0.25, 0.3) is 16.5 Å². The maximum Gasteiger partial charge on any atom is 0.279 e. The topological polar surface area (TPSA) is 125 Å². The number of para-hydroxylation sites is 1. The highest BCUT2D eigenvalue weighted by Gasteiger charge is 2.66. The molecule has 1 saturated heterocycles. The first kappa shape index (κ1) is 33.5. The molecule has 5 aromatic rings. The zero-order valence-electron chi connectivity index (χ0n) is 28.3. The Hall–Kier alpha value is -4.94. The molecule has 0 aliphatic carbocycles. The van der Waals surface area contributed by atoms with Gasteiger partial charge in [-0.3, -0.25) is 19.3 Å². The number of hydrogen-bond acceptors (Lipinski definition) is 7. The maximum absolute atomic E-state index is 15.0. The molecule has 1 spiro atoms. The second kappa shape index (κ2) is 13.1. The second-order valence-corrected chi connectivity index (χ2v) is 17.7. The SMILES string of the molecule is C[C@H]1[C@H]([Si](C)(C)O)[C@@H](CC(=O)N(CCO)Cc2ccccc2)O[C@]12C(=O)N(c1ccccc1)c1ccc(-n3ncc4ccccc4c3=O)cc12. The number of aliphatic hydroxyl groups excluding tert-OH is 1. The zero-order chi connectivity index (χ0) is 35.2. The van der Waals surface area contributed by atoms with Crippen molar-refractivity contribution in [3.05, 3.63) is 131 Å². The van der Waals surface area contributed by atoms with Gasteiger partial charge in [0.25, 0.3) is 11.5 Å². The number of fused-ring (bicyclic) bond motifs is 3. The molecule has 2 amide bonds. The van der Waals surface area contributed by atoms with Gasteiger partial charge in [-0.15, -0.1) is 0 Å². The van der Waals surface area contributed by atoms with Crippen LogP contribution in [0.4, 0.5) is 11.4 Å². The molecular weight excluding hydrogens is 649 g/mol. The number of aliphatic hydroxyl groups is 1. The Balaban J connectivity index is 1.34. The minimum atomic E-state index is -3.09. The maximum atomic E-state index is 15.0. The molecule has 0 bridgehead atoms. The van der Waals surface area contributed by atoms with Crippen LogP contribution >= 0.6 is 0 Å². The summed E-state index contributed by atoms with van der Waals surface area (Å²) in [5.41, 5.74) is 0.813. The number of anilines is 2. The largest absolute Gasteiger partial charge is 0.432 e. The molecule has 256 valence electrons. The summed E-state index contributed by atoms with van der Waals surface area (Å²) in [6.45, 7) is 5.77. The number of carbonyl (C=O) groups is 2. The van der Waals surface area contributed by atoms with Crippen molar-refractivity contribution in [2.75, 3.05) is 18.1 Å². The van der Waals surface area contributed by atoms with Crippen LogP contribution in [0, 0.1) is 5.92 Å². The number of carbonyl (C=O) groups excluding carboxylic acids is 2. The van der Waals surface area contributed by atoms with Crippen LogP contribution in [0.5, 0.6) is 0 Å². The van der Waals surface area contributed by atoms with Crippen molar-refractivity contribution in [2.45, 2.75) is 50.2 Å². The Bertz CT molecular complexity index is 2120. The summed E-state index contributed by atoms with van der Waals surface area (Å²) in [6, 6.07) is 31.4. The van der Waals surface area contributed by atoms with E-state index in [2.05, 4.69) is 5.10 Å². The van der Waals surface area contributed by atoms with Gasteiger partial charge in [-0.05, 0) is 55.1 Å². The lowest BCUT2D eigenvalue weighted by atomic mass is 9.82. The van der Waals surface area contributed by atoms with E-state index in [-0.39, 0.29) is 36.9 Å². The van der Waals surface area contributed by atoms with E-state index >= 15 is 0 Å². The first-order valence-electron chi connectivity index (χ1n) is 16.9. The number of nitrogens with zero attached hydrogens (tertiary/aromatic N) is 4. The van der Waals surface area contributed by atoms with Crippen LogP contribution in [0.2, 0.25) is 18.6 Å². The molecule has 0 radical (unpaired) electrons. The van der Waals surface area contributed by atoms with Gasteiger partial charge in [0.15, 0.2) is 13.9 Å². The normalized spacial score (nSPS) is 21.6. The Kier molecular flexibility index (Phi) is 8.77. The van der Waals surface area contributed by atoms with E-state index in [1.165, 1.54) is 4.68 Å². The van der Waals surface area contributed by atoms with Crippen molar-refractivity contribution in [1.29, 1.82) is 0 Å². The molecule has 10 nitrogen and oxygen atoms in total. The first-order chi connectivity index (χ1) is 24.0. The number of aromatic nitrogens is 2. The van der Waals surface area contributed by atoms with Gasteiger partial charge in [-0.1, -0.05) is 73.7 Å². The van der Waals surface area contributed by atoms with E-state index < -0.39 is 31.5 Å². The summed E-state index contributed by atoms with van der Waals surface area (Å²) in [4.78, 5) is 57.7. The number of ether oxygens (including phenoxy) is 1. The third-order valence-electron chi connectivity index (χ3n) is 10.1. The van der Waals surface area contributed by atoms with E-state index in [0.717, 1.165) is 10.9 Å². The van der Waals surface area contributed by atoms with Gasteiger partial charge in [0.05, 0.1) is 42.1 Å². The van der Waals surface area contributed by atoms with Gasteiger partial charge >= 0.3 is 0 Å². The Labute approximate surface area is 291 Å². The Morgan fingerprint density at radius 1 is 0.940 bits per heavy atom. The van der Waals surface area contributed by atoms with Crippen molar-refractivity contribution in [3.63, 3.8) is 0 Å². The van der Waals surface area contributed by atoms with Crippen LogP contribution in [-0.2, 0) is 26.5 Å². The summed E-state index contributed by atoms with van der Waals surface area (Å²) < 4.78 is 8.28. The summed E-state index contributed by atoms with van der Waals surface area (Å²) in [7, 11) is -3.09. The zero-order valence-corrected chi connectivity index (χ0v) is 29.3. The van der Waals surface area contributed by atoms with E-state index in [4.69, 9.17) is 4.74 Å². The molecule has 1 fully saturated rings. The van der Waals surface area contributed by atoms with E-state index in [1.807, 2.05) is 98.9 Å². The fourth-order valence-electron chi connectivity index (χ4n) is 7.95. The fourth-order valence-corrected chi connectivity index (χ4v) is 10.5. The lowest BCUT2D eigenvalue weighted by Gasteiger charge is -2.32. The third kappa shape index (κ3) is 5.65. The molecule has 2 aliphatic rings. The van der Waals surface area contributed by atoms with Crippen LogP contribution in [0.15, 0.2) is 114 Å². The van der Waals surface area contributed by atoms with Gasteiger partial charge in [-0.25, -0.2) is 0 Å². The Morgan fingerprint density at radius 2 is 1.62 bits per heavy atom. The van der Waals surface area contributed by atoms with Crippen LogP contribution in [-0.4, -0.2) is 64.0 Å². The monoisotopic (exact) mass is 688 g/mol. The molecule has 7 rings (SSSR count). The molecule has 4 aromatic carbocycles. The number of rotatable bonds is 9. The average Bonchev–Trinajstić information content (AvgIpc) is 3.54. The van der Waals surface area contributed by atoms with Crippen LogP contribution in [0.1, 0.15) is 24.5 Å². The summed E-state index contributed by atoms with van der Waals surface area (Å²) in [5.74, 6) is -1.10. The molecule has 11 heteroatoms. The van der Waals surface area contributed by atoms with Crippen molar-refractivity contribution in [2.24, 2.45) is 5.92 Å². The standard InChI is InChI=1S/C39H40N4O6Si/c1-26-36(50(2,3)48)34(23-35(45)41(20-21-44)25-27-12-6-4-7-13-27)49-39(26)32-22-30(43-37(46)31-17-11-10-14-28(31)24-40-43)18-19-33(32)42(38(39)47)29-15-8-5-9-16-29/h4-19,22,24,26,34,36,44,48H,20-21,23,25H2,1-3H3/t26-,34+,36-,39+/m0/s1. The molecule has 0 saturated carbocycles. The smallest absolute Gasteiger partial charge is 0.279 e. The average molecular weight is 689 g/mol. The van der Waals surface area contributed by atoms with Gasteiger partial charge in [0, 0.05) is 41.2 Å². The minimum Gasteiger partial charge on any atom is -0.432 e. The lowest BCUT2D eigenvalue weighted by Crippen LogP contribution is -2.45. The van der Waals surface area contributed by atoms with Crippen molar-refractivity contribution in [1.82, 2.24) is 14.7 Å². The number of benzene rings is 4. The van der Waals surface area contributed by atoms with Crippen LogP contribution in [0.3, 0.4) is 0 Å². The highest BCUT2D eigenvalue weighted by atomic mass is 28.4. The van der Waals surface area contributed by atoms with Gasteiger partial charge in [0.1, 0.15) is 0 Å². The third-order valence-corrected chi connectivity index (χ3v) is 12.6. The highest BCUT2D eigenvalue weighted by Crippen LogP contribution is 2.61. The van der Waals surface area contributed by atoms with Crippen molar-refractivity contribution in [3.8, 4) is 5.69 Å².